The van der Waals surface area contributed by atoms with Gasteiger partial charge >= 0.3 is 13.5 Å². The molecule has 5 heterocycles. The van der Waals surface area contributed by atoms with E-state index in [1.807, 2.05) is 0 Å². The average Bonchev–Trinajstić information content (AvgIpc) is 3.71. The van der Waals surface area contributed by atoms with Crippen LogP contribution in [0.4, 0.5) is 10.3 Å². The number of aromatic nitrogens is 6. The normalized spacial score (nSPS) is 27.3. The van der Waals surface area contributed by atoms with Gasteiger partial charge in [-0.1, -0.05) is 0 Å². The molecule has 0 aliphatic carbocycles. The van der Waals surface area contributed by atoms with E-state index in [-0.39, 0.29) is 42.8 Å². The van der Waals surface area contributed by atoms with Crippen LogP contribution in [0.25, 0.3) is 11.2 Å². The molecule has 9 atom stereocenters. The molecule has 3 aromatic heterocycles. The highest BCUT2D eigenvalue weighted by Gasteiger charge is 2.52. The quantitative estimate of drug-likeness (QED) is 0.157. The first kappa shape index (κ1) is 40.4. The summed E-state index contributed by atoms with van der Waals surface area (Å²) in [5.41, 5.74) is 3.53. The molecule has 2 aliphatic rings. The fraction of sp³-hybridized carbons (Fsp3) is 0.677. The number of rotatable bonds is 15. The molecule has 22 heteroatoms. The van der Waals surface area contributed by atoms with Crippen molar-refractivity contribution in [3.8, 4) is 0 Å². The molecule has 5 N–H and O–H groups in total. The highest BCUT2D eigenvalue weighted by atomic mass is 31.2. The van der Waals surface area contributed by atoms with Crippen molar-refractivity contribution in [1.29, 1.82) is 0 Å². The molecule has 2 fully saturated rings. The number of alkyl halides is 1. The first-order valence-corrected chi connectivity index (χ1v) is 18.5. The molecule has 294 valence electrons. The van der Waals surface area contributed by atoms with Gasteiger partial charge in [0, 0.05) is 44.3 Å². The number of ether oxygens (including phenoxy) is 4. The van der Waals surface area contributed by atoms with Crippen LogP contribution >= 0.6 is 7.82 Å². The molecule has 1 amide bonds. The number of nitrogens with two attached hydrogens (primary N) is 1. The zero-order valence-corrected chi connectivity index (χ0v) is 31.2. The number of nitrogens with one attached hydrogen (secondary N) is 2. The molecular weight excluding hydrogens is 726 g/mol. The lowest BCUT2D eigenvalue weighted by molar-refractivity contribution is -0.138. The minimum atomic E-state index is -4.76. The Hall–Kier alpha value is -3.82. The number of nitrogens with zero attached hydrogens (tertiary/aromatic N) is 5. The van der Waals surface area contributed by atoms with E-state index in [1.165, 1.54) is 42.9 Å². The van der Waals surface area contributed by atoms with Gasteiger partial charge in [0.1, 0.15) is 18.3 Å². The van der Waals surface area contributed by atoms with Gasteiger partial charge in [-0.25, -0.2) is 18.7 Å². The van der Waals surface area contributed by atoms with Crippen molar-refractivity contribution in [2.24, 2.45) is 5.92 Å². The van der Waals surface area contributed by atoms with Gasteiger partial charge in [0.05, 0.1) is 31.2 Å². The second-order valence-corrected chi connectivity index (χ2v) is 15.0. The van der Waals surface area contributed by atoms with E-state index in [0.717, 1.165) is 10.6 Å². The number of anilines is 1. The Bertz CT molecular complexity index is 1980. The summed E-state index contributed by atoms with van der Waals surface area (Å²) in [5.74, 6) is -1.80. The third-order valence-electron chi connectivity index (χ3n) is 8.80. The Labute approximate surface area is 302 Å². The van der Waals surface area contributed by atoms with Crippen molar-refractivity contribution in [3.05, 3.63) is 49.8 Å². The summed E-state index contributed by atoms with van der Waals surface area (Å²) in [7, 11) is -3.48. The topological polar surface area (TPSA) is 257 Å². The predicted octanol–water partition coefficient (Wildman–Crippen LogP) is 0.979. The summed E-state index contributed by atoms with van der Waals surface area (Å²) in [4.78, 5) is 75.8. The first-order chi connectivity index (χ1) is 24.9. The van der Waals surface area contributed by atoms with E-state index < -0.39 is 91.6 Å². The Balaban J connectivity index is 1.44. The van der Waals surface area contributed by atoms with Crippen molar-refractivity contribution < 1.29 is 46.6 Å². The van der Waals surface area contributed by atoms with Gasteiger partial charge in [0.25, 0.3) is 11.1 Å². The summed E-state index contributed by atoms with van der Waals surface area (Å²) >= 11 is 0. The largest absolute Gasteiger partial charge is 0.472 e. The number of hydrogen-bond acceptors (Lipinski definition) is 14. The number of fused-ring (bicyclic) bond motifs is 1. The number of hydrogen-bond donors (Lipinski definition) is 4. The number of halogens is 1. The van der Waals surface area contributed by atoms with Crippen molar-refractivity contribution in [2.45, 2.75) is 109 Å². The lowest BCUT2D eigenvalue weighted by Gasteiger charge is -2.33. The molecule has 2 saturated heterocycles. The Morgan fingerprint density at radius 1 is 1.08 bits per heavy atom. The van der Waals surface area contributed by atoms with Crippen molar-refractivity contribution in [1.82, 2.24) is 34.0 Å². The molecule has 0 saturated carbocycles. The molecule has 0 aromatic carbocycles. The monoisotopic (exact) mass is 772 g/mol. The van der Waals surface area contributed by atoms with Crippen LogP contribution in [0.5, 0.6) is 0 Å². The van der Waals surface area contributed by atoms with Crippen molar-refractivity contribution in [2.75, 3.05) is 26.0 Å². The predicted molar refractivity (Wildman–Crippen MR) is 184 cm³/mol. The molecule has 2 aliphatic heterocycles. The molecule has 53 heavy (non-hydrogen) atoms. The number of phosphoric ester groups is 1. The summed E-state index contributed by atoms with van der Waals surface area (Å²) in [5, 5.41) is 0. The highest BCUT2D eigenvalue weighted by molar-refractivity contribution is 7.47. The fourth-order valence-corrected chi connectivity index (χ4v) is 7.60. The van der Waals surface area contributed by atoms with Crippen LogP contribution in [0, 0.1) is 5.92 Å². The third kappa shape index (κ3) is 8.94. The van der Waals surface area contributed by atoms with Gasteiger partial charge in [-0.3, -0.25) is 42.5 Å². The SMILES string of the molecule is CO[C@@H]1[C@H](OP(=O)(O)OC(C)C)[C@@H](CN(C(=O)C[C@H]2[C@@H](F)[C@H](n3cnc4c(=O)[nH]c(N)nc43)O[C@@H]2COC(C)C)C(C)C)O[C@H]1n1ccc(=O)[nH]c1=O. The van der Waals surface area contributed by atoms with Gasteiger partial charge in [-0.2, -0.15) is 4.98 Å². The van der Waals surface area contributed by atoms with E-state index in [0.29, 0.717) is 0 Å². The number of amides is 1. The maximum atomic E-state index is 16.6. The smallest absolute Gasteiger partial charge is 0.376 e. The lowest BCUT2D eigenvalue weighted by atomic mass is 9.94. The van der Waals surface area contributed by atoms with E-state index in [4.69, 9.17) is 33.7 Å². The number of methoxy groups -OCH3 is 1. The van der Waals surface area contributed by atoms with Gasteiger partial charge in [0.15, 0.2) is 29.8 Å². The minimum Gasteiger partial charge on any atom is -0.376 e. The van der Waals surface area contributed by atoms with Crippen LogP contribution in [0.2, 0.25) is 0 Å². The lowest BCUT2D eigenvalue weighted by Crippen LogP contribution is -2.47. The number of carbonyl (C=O) groups is 1. The van der Waals surface area contributed by atoms with E-state index in [2.05, 4.69) is 19.9 Å². The molecule has 5 rings (SSSR count). The Kier molecular flexibility index (Phi) is 12.4. The highest BCUT2D eigenvalue weighted by Crippen LogP contribution is 2.50. The Morgan fingerprint density at radius 3 is 2.40 bits per heavy atom. The second-order valence-electron chi connectivity index (χ2n) is 13.7. The number of aromatic amines is 2. The van der Waals surface area contributed by atoms with Crippen LogP contribution in [0.3, 0.4) is 0 Å². The summed E-state index contributed by atoms with van der Waals surface area (Å²) in [6.07, 6.45) is -8.10. The first-order valence-electron chi connectivity index (χ1n) is 17.0. The molecule has 1 unspecified atom stereocenters. The molecule has 0 radical (unpaired) electrons. The van der Waals surface area contributed by atoms with Crippen LogP contribution in [-0.4, -0.2) is 114 Å². The molecule has 0 bridgehead atoms. The molecular formula is C31H46FN8O12P. The van der Waals surface area contributed by atoms with Gasteiger partial charge in [-0.15, -0.1) is 0 Å². The number of H-pyrrole nitrogens is 2. The minimum absolute atomic E-state index is 0.00546. The van der Waals surface area contributed by atoms with E-state index in [9.17, 15) is 28.6 Å². The van der Waals surface area contributed by atoms with Gasteiger partial charge < -0.3 is 34.5 Å². The zero-order chi connectivity index (χ0) is 38.9. The number of phosphoric acid groups is 1. The van der Waals surface area contributed by atoms with Crippen LogP contribution in [0.1, 0.15) is 60.4 Å². The molecule has 20 nitrogen and oxygen atoms in total. The van der Waals surface area contributed by atoms with Crippen LogP contribution in [-0.2, 0) is 37.4 Å². The van der Waals surface area contributed by atoms with Crippen molar-refractivity contribution in [3.63, 3.8) is 0 Å². The number of carbonyl (C=O) groups excluding carboxylic acids is 1. The zero-order valence-electron chi connectivity index (χ0n) is 30.3. The van der Waals surface area contributed by atoms with Crippen LogP contribution in [0.15, 0.2) is 33.0 Å². The number of nitrogen functional groups attached to an aromatic ring is 1. The van der Waals surface area contributed by atoms with Crippen molar-refractivity contribution >= 4 is 30.8 Å². The second kappa shape index (κ2) is 16.3. The maximum Gasteiger partial charge on any atom is 0.472 e. The van der Waals surface area contributed by atoms with Gasteiger partial charge in [0.2, 0.25) is 11.9 Å². The van der Waals surface area contributed by atoms with E-state index >= 15 is 4.39 Å². The molecule has 3 aromatic rings. The average molecular weight is 773 g/mol. The number of imidazole rings is 1. The summed E-state index contributed by atoms with van der Waals surface area (Å²) < 4.78 is 66.4. The summed E-state index contributed by atoms with van der Waals surface area (Å²) in [6.45, 7) is 9.74. The third-order valence-corrected chi connectivity index (χ3v) is 10.0. The Morgan fingerprint density at radius 2 is 1.77 bits per heavy atom. The van der Waals surface area contributed by atoms with Gasteiger partial charge in [-0.05, 0) is 41.5 Å². The summed E-state index contributed by atoms with van der Waals surface area (Å²) in [6, 6.07) is 0.566. The standard InChI is InChI=1S/C31H46FN8O12P/c1-14(2)39(11-18-24(52-53(45,46)51-16(5)6)25(47-7)29(49-18)38-9-8-20(41)35-31(38)44)21(42)10-17-19(12-48-15(3)4)50-28(22(17)32)40-13-34-23-26(40)36-30(33)37-27(23)43/h8-9,13-19,22,24-25,28-29H,10-12H2,1-7H3,(H,45,46)(H,35,41,44)(H3,33,36,37,43)/t17-,18-,19-,22-,24-,25-,28-,29-/m1/s1. The van der Waals surface area contributed by atoms with E-state index in [1.54, 1.807) is 27.7 Å². The fourth-order valence-electron chi connectivity index (χ4n) is 6.46. The molecule has 0 spiro atoms. The van der Waals surface area contributed by atoms with Crippen LogP contribution < -0.4 is 22.5 Å². The maximum absolute atomic E-state index is 16.6.